The van der Waals surface area contributed by atoms with Crippen molar-refractivity contribution in [2.24, 2.45) is 0 Å². The van der Waals surface area contributed by atoms with E-state index in [1.54, 1.807) is 12.5 Å². The molecule has 0 bridgehead atoms. The molecule has 2 rings (SSSR count). The van der Waals surface area contributed by atoms with Crippen LogP contribution >= 0.6 is 0 Å². The quantitative estimate of drug-likeness (QED) is 0.848. The van der Waals surface area contributed by atoms with Crippen LogP contribution in [0.4, 0.5) is 5.69 Å². The second kappa shape index (κ2) is 6.80. The predicted molar refractivity (Wildman–Crippen MR) is 79.8 cm³/mol. The average molecular weight is 272 g/mol. The number of furan rings is 1. The normalized spacial score (nSPS) is 10.3. The lowest BCUT2D eigenvalue weighted by molar-refractivity contribution is 0.0951. The molecule has 1 aromatic heterocycles. The van der Waals surface area contributed by atoms with E-state index in [1.165, 1.54) is 0 Å². The number of rotatable bonds is 6. The van der Waals surface area contributed by atoms with Crippen molar-refractivity contribution >= 4 is 11.6 Å². The van der Waals surface area contributed by atoms with E-state index in [0.717, 1.165) is 29.8 Å². The van der Waals surface area contributed by atoms with Gasteiger partial charge in [-0.1, -0.05) is 6.92 Å². The van der Waals surface area contributed by atoms with Crippen molar-refractivity contribution in [3.8, 4) is 0 Å². The van der Waals surface area contributed by atoms with Crippen molar-refractivity contribution in [2.75, 3.05) is 11.9 Å². The summed E-state index contributed by atoms with van der Waals surface area (Å²) in [6, 6.07) is 7.54. The van der Waals surface area contributed by atoms with E-state index in [0.29, 0.717) is 12.1 Å². The molecule has 20 heavy (non-hydrogen) atoms. The van der Waals surface area contributed by atoms with Crippen LogP contribution in [-0.2, 0) is 6.54 Å². The smallest absolute Gasteiger partial charge is 0.251 e. The zero-order chi connectivity index (χ0) is 14.4. The summed E-state index contributed by atoms with van der Waals surface area (Å²) >= 11 is 0. The molecule has 0 spiro atoms. The van der Waals surface area contributed by atoms with Crippen LogP contribution in [0.15, 0.2) is 41.2 Å². The van der Waals surface area contributed by atoms with Crippen LogP contribution in [-0.4, -0.2) is 12.5 Å². The van der Waals surface area contributed by atoms with Gasteiger partial charge in [-0.25, -0.2) is 0 Å². The summed E-state index contributed by atoms with van der Waals surface area (Å²) in [7, 11) is 0. The highest BCUT2D eigenvalue weighted by molar-refractivity contribution is 5.94. The van der Waals surface area contributed by atoms with Crippen LogP contribution in [0.1, 0.15) is 34.8 Å². The lowest BCUT2D eigenvalue weighted by Gasteiger charge is -2.10. The standard InChI is InChI=1S/C16H20N2O2/c1-3-7-17-15-5-4-14(9-12(15)2)16(19)18-10-13-6-8-20-11-13/h4-6,8-9,11,17H,3,7,10H2,1-2H3,(H,18,19). The van der Waals surface area contributed by atoms with E-state index in [4.69, 9.17) is 4.42 Å². The Morgan fingerprint density at radius 1 is 1.30 bits per heavy atom. The molecule has 0 saturated carbocycles. The van der Waals surface area contributed by atoms with Gasteiger partial charge in [0, 0.05) is 29.9 Å². The predicted octanol–water partition coefficient (Wildman–Crippen LogP) is 3.34. The number of carbonyl (C=O) groups excluding carboxylic acids is 1. The van der Waals surface area contributed by atoms with Gasteiger partial charge in [-0.05, 0) is 43.2 Å². The molecule has 0 unspecified atom stereocenters. The Kier molecular flexibility index (Phi) is 4.82. The van der Waals surface area contributed by atoms with Gasteiger partial charge in [-0.15, -0.1) is 0 Å². The van der Waals surface area contributed by atoms with E-state index in [1.807, 2.05) is 31.2 Å². The van der Waals surface area contributed by atoms with Gasteiger partial charge in [0.15, 0.2) is 0 Å². The Morgan fingerprint density at radius 3 is 2.80 bits per heavy atom. The third-order valence-corrected chi connectivity index (χ3v) is 3.09. The lowest BCUT2D eigenvalue weighted by Crippen LogP contribution is -2.22. The Bertz CT molecular complexity index is 562. The summed E-state index contributed by atoms with van der Waals surface area (Å²) in [5.74, 6) is -0.0728. The Balaban J connectivity index is 1.97. The van der Waals surface area contributed by atoms with Gasteiger partial charge in [-0.3, -0.25) is 4.79 Å². The zero-order valence-corrected chi connectivity index (χ0v) is 11.9. The van der Waals surface area contributed by atoms with Crippen molar-refractivity contribution in [1.82, 2.24) is 5.32 Å². The summed E-state index contributed by atoms with van der Waals surface area (Å²) in [5.41, 5.74) is 3.79. The van der Waals surface area contributed by atoms with Crippen molar-refractivity contribution < 1.29 is 9.21 Å². The second-order valence-corrected chi connectivity index (χ2v) is 4.77. The summed E-state index contributed by atoms with van der Waals surface area (Å²) in [6.45, 7) is 5.54. The first kappa shape index (κ1) is 14.2. The number of anilines is 1. The highest BCUT2D eigenvalue weighted by Crippen LogP contribution is 2.16. The number of benzene rings is 1. The van der Waals surface area contributed by atoms with Crippen LogP contribution in [0, 0.1) is 6.92 Å². The largest absolute Gasteiger partial charge is 0.472 e. The van der Waals surface area contributed by atoms with Crippen molar-refractivity contribution in [2.45, 2.75) is 26.8 Å². The first-order valence-corrected chi connectivity index (χ1v) is 6.84. The van der Waals surface area contributed by atoms with E-state index >= 15 is 0 Å². The molecular formula is C16H20N2O2. The number of aryl methyl sites for hydroxylation is 1. The molecule has 4 heteroatoms. The molecule has 2 aromatic rings. The average Bonchev–Trinajstić information content (AvgIpc) is 2.96. The minimum atomic E-state index is -0.0728. The number of carbonyl (C=O) groups is 1. The molecule has 0 saturated heterocycles. The Morgan fingerprint density at radius 2 is 2.15 bits per heavy atom. The molecule has 0 atom stereocenters. The SMILES string of the molecule is CCCNc1ccc(C(=O)NCc2ccoc2)cc1C. The minimum Gasteiger partial charge on any atom is -0.472 e. The maximum Gasteiger partial charge on any atom is 0.251 e. The molecule has 2 N–H and O–H groups in total. The molecule has 0 aliphatic carbocycles. The fraction of sp³-hybridized carbons (Fsp3) is 0.312. The highest BCUT2D eigenvalue weighted by atomic mass is 16.3. The van der Waals surface area contributed by atoms with E-state index in [-0.39, 0.29) is 5.91 Å². The maximum atomic E-state index is 12.1. The van der Waals surface area contributed by atoms with Crippen molar-refractivity contribution in [1.29, 1.82) is 0 Å². The van der Waals surface area contributed by atoms with Crippen LogP contribution in [0.25, 0.3) is 0 Å². The van der Waals surface area contributed by atoms with Gasteiger partial charge in [0.05, 0.1) is 12.5 Å². The van der Waals surface area contributed by atoms with E-state index in [2.05, 4.69) is 17.6 Å². The summed E-state index contributed by atoms with van der Waals surface area (Å²) in [5, 5.41) is 6.21. The number of hydrogen-bond acceptors (Lipinski definition) is 3. The molecule has 4 nitrogen and oxygen atoms in total. The minimum absolute atomic E-state index is 0.0728. The number of amides is 1. The maximum absolute atomic E-state index is 12.1. The number of nitrogens with one attached hydrogen (secondary N) is 2. The van der Waals surface area contributed by atoms with Gasteiger partial charge in [-0.2, -0.15) is 0 Å². The zero-order valence-electron chi connectivity index (χ0n) is 11.9. The fourth-order valence-electron chi connectivity index (χ4n) is 1.94. The van der Waals surface area contributed by atoms with Gasteiger partial charge >= 0.3 is 0 Å². The van der Waals surface area contributed by atoms with Crippen LogP contribution in [0.3, 0.4) is 0 Å². The monoisotopic (exact) mass is 272 g/mol. The molecule has 0 fully saturated rings. The molecule has 0 aliphatic rings. The van der Waals surface area contributed by atoms with Crippen LogP contribution < -0.4 is 10.6 Å². The van der Waals surface area contributed by atoms with Gasteiger partial charge in [0.1, 0.15) is 0 Å². The second-order valence-electron chi connectivity index (χ2n) is 4.77. The van der Waals surface area contributed by atoms with Crippen LogP contribution in [0.2, 0.25) is 0 Å². The fourth-order valence-corrected chi connectivity index (χ4v) is 1.94. The Labute approximate surface area is 119 Å². The van der Waals surface area contributed by atoms with E-state index < -0.39 is 0 Å². The summed E-state index contributed by atoms with van der Waals surface area (Å²) in [4.78, 5) is 12.1. The first-order chi connectivity index (χ1) is 9.70. The first-order valence-electron chi connectivity index (χ1n) is 6.84. The molecule has 1 amide bonds. The number of hydrogen-bond donors (Lipinski definition) is 2. The molecule has 0 radical (unpaired) electrons. The van der Waals surface area contributed by atoms with Gasteiger partial charge < -0.3 is 15.1 Å². The third kappa shape index (κ3) is 3.63. The van der Waals surface area contributed by atoms with Crippen LogP contribution in [0.5, 0.6) is 0 Å². The van der Waals surface area contributed by atoms with Gasteiger partial charge in [0.25, 0.3) is 5.91 Å². The molecule has 1 aromatic carbocycles. The van der Waals surface area contributed by atoms with Gasteiger partial charge in [0.2, 0.25) is 0 Å². The molecular weight excluding hydrogens is 252 g/mol. The van der Waals surface area contributed by atoms with E-state index in [9.17, 15) is 4.79 Å². The summed E-state index contributed by atoms with van der Waals surface area (Å²) < 4.78 is 4.97. The molecule has 0 aliphatic heterocycles. The lowest BCUT2D eigenvalue weighted by atomic mass is 10.1. The topological polar surface area (TPSA) is 54.3 Å². The Hall–Kier alpha value is -2.23. The van der Waals surface area contributed by atoms with Crippen molar-refractivity contribution in [3.63, 3.8) is 0 Å². The third-order valence-electron chi connectivity index (χ3n) is 3.09. The highest BCUT2D eigenvalue weighted by Gasteiger charge is 2.07. The van der Waals surface area contributed by atoms with Crippen molar-refractivity contribution in [3.05, 3.63) is 53.5 Å². The summed E-state index contributed by atoms with van der Waals surface area (Å²) in [6.07, 6.45) is 4.30. The molecule has 106 valence electrons. The molecule has 1 heterocycles.